The Kier molecular flexibility index (Phi) is 5.51. The molecule has 3 heteroatoms. The Morgan fingerprint density at radius 3 is 2.21 bits per heavy atom. The molecule has 2 heterocycles. The fourth-order valence-corrected chi connectivity index (χ4v) is 9.97. The van der Waals surface area contributed by atoms with Crippen LogP contribution in [0.5, 0.6) is 0 Å². The zero-order valence-corrected chi connectivity index (χ0v) is 24.2. The number of fused-ring (bicyclic) bond motifs is 7. The lowest BCUT2D eigenvalue weighted by atomic mass is 10.0. The third-order valence-electron chi connectivity index (χ3n) is 8.75. The highest BCUT2D eigenvalue weighted by atomic mass is 31.2. The highest BCUT2D eigenvalue weighted by Gasteiger charge is 2.40. The van der Waals surface area contributed by atoms with Crippen molar-refractivity contribution in [1.29, 1.82) is 0 Å². The maximum Gasteiger partial charge on any atom is 0.171 e. The molecule has 2 nitrogen and oxygen atoms in total. The van der Waals surface area contributed by atoms with E-state index in [0.717, 1.165) is 54.6 Å². The Labute approximate surface area is 244 Å². The second kappa shape index (κ2) is 9.31. The molecule has 1 unspecified atom stereocenters. The van der Waals surface area contributed by atoms with Gasteiger partial charge >= 0.3 is 0 Å². The molecule has 0 amide bonds. The van der Waals surface area contributed by atoms with Crippen molar-refractivity contribution in [2.75, 3.05) is 0 Å². The second-order valence-electron chi connectivity index (χ2n) is 11.0. The molecule has 0 saturated carbocycles. The summed E-state index contributed by atoms with van der Waals surface area (Å²) in [5, 5.41) is 9.88. The Balaban J connectivity index is 1.44. The molecule has 0 radical (unpaired) electrons. The summed E-state index contributed by atoms with van der Waals surface area (Å²) in [5.74, 6) is 0. The van der Waals surface area contributed by atoms with Crippen molar-refractivity contribution in [2.24, 2.45) is 0 Å². The van der Waals surface area contributed by atoms with Gasteiger partial charge in [-0.15, -0.1) is 0 Å². The molecule has 1 aromatic heterocycles. The number of nitrogens with zero attached hydrogens (tertiary/aromatic N) is 1. The number of hydrogen-bond donors (Lipinski definition) is 0. The molecule has 0 aliphatic carbocycles. The minimum atomic E-state index is -3.07. The standard InChI is InChI=1S/C39H28NOP/c1-3-4-18-38-26(2)34-24-37-35(25-39(34)42(38,41)30-13-6-5-7-14-30)33-16-10-11-17-36(33)40(37)29-21-22-32-28(23-29)20-19-27-12-8-9-15-31(27)32/h3-25H,1H2,2H3/b18-4-. The van der Waals surface area contributed by atoms with Gasteiger partial charge in [0.25, 0.3) is 0 Å². The van der Waals surface area contributed by atoms with Crippen LogP contribution in [0.2, 0.25) is 0 Å². The van der Waals surface area contributed by atoms with Gasteiger partial charge in [-0.05, 0) is 69.9 Å². The molecule has 0 spiro atoms. The lowest BCUT2D eigenvalue weighted by Gasteiger charge is -2.17. The van der Waals surface area contributed by atoms with Gasteiger partial charge in [0, 0.05) is 32.4 Å². The first-order valence-corrected chi connectivity index (χ1v) is 16.0. The number of para-hydroxylation sites is 1. The molecule has 0 N–H and O–H groups in total. The van der Waals surface area contributed by atoms with E-state index in [4.69, 9.17) is 0 Å². The van der Waals surface area contributed by atoms with Crippen molar-refractivity contribution in [2.45, 2.75) is 6.92 Å². The van der Waals surface area contributed by atoms with E-state index in [1.165, 1.54) is 21.5 Å². The van der Waals surface area contributed by atoms with E-state index in [0.29, 0.717) is 0 Å². The molecule has 1 aliphatic rings. The van der Waals surface area contributed by atoms with E-state index < -0.39 is 7.14 Å². The Morgan fingerprint density at radius 2 is 1.38 bits per heavy atom. The predicted molar refractivity (Wildman–Crippen MR) is 181 cm³/mol. The topological polar surface area (TPSA) is 22.0 Å². The van der Waals surface area contributed by atoms with Crippen molar-refractivity contribution in [3.63, 3.8) is 0 Å². The van der Waals surface area contributed by atoms with Crippen LogP contribution in [0.1, 0.15) is 12.5 Å². The van der Waals surface area contributed by atoms with Crippen molar-refractivity contribution >= 4 is 66.7 Å². The number of allylic oxidation sites excluding steroid dienone is 5. The highest BCUT2D eigenvalue weighted by Crippen LogP contribution is 2.61. The maximum atomic E-state index is 15.2. The van der Waals surface area contributed by atoms with Gasteiger partial charge in [-0.25, -0.2) is 0 Å². The summed E-state index contributed by atoms with van der Waals surface area (Å²) in [6.45, 7) is 5.97. The van der Waals surface area contributed by atoms with Gasteiger partial charge in [-0.3, -0.25) is 0 Å². The summed E-state index contributed by atoms with van der Waals surface area (Å²) in [5.41, 5.74) is 5.47. The van der Waals surface area contributed by atoms with Crippen LogP contribution in [0, 0.1) is 0 Å². The van der Waals surface area contributed by atoms with E-state index in [1.54, 1.807) is 6.08 Å². The summed E-state index contributed by atoms with van der Waals surface area (Å²) >= 11 is 0. The monoisotopic (exact) mass is 557 g/mol. The average Bonchev–Trinajstić information content (AvgIpc) is 3.47. The predicted octanol–water partition coefficient (Wildman–Crippen LogP) is 9.89. The van der Waals surface area contributed by atoms with Gasteiger partial charge in [0.1, 0.15) is 0 Å². The van der Waals surface area contributed by atoms with E-state index in [2.05, 4.69) is 109 Å². The van der Waals surface area contributed by atoms with Gasteiger partial charge < -0.3 is 9.13 Å². The number of rotatable bonds is 4. The van der Waals surface area contributed by atoms with E-state index in [1.807, 2.05) is 42.5 Å². The second-order valence-corrected chi connectivity index (χ2v) is 13.7. The van der Waals surface area contributed by atoms with Crippen LogP contribution in [0.25, 0.3) is 54.6 Å². The summed E-state index contributed by atoms with van der Waals surface area (Å²) in [6.07, 6.45) is 5.63. The van der Waals surface area contributed by atoms with Crippen molar-refractivity contribution in [3.8, 4) is 5.69 Å². The molecule has 8 rings (SSSR count). The molecule has 1 aliphatic heterocycles. The van der Waals surface area contributed by atoms with E-state index in [9.17, 15) is 0 Å². The summed E-state index contributed by atoms with van der Waals surface area (Å²) in [4.78, 5) is 0. The first-order chi connectivity index (χ1) is 20.6. The van der Waals surface area contributed by atoms with Gasteiger partial charge in [0.15, 0.2) is 7.14 Å². The average molecular weight is 558 g/mol. The first kappa shape index (κ1) is 24.9. The smallest absolute Gasteiger partial charge is 0.171 e. The minimum Gasteiger partial charge on any atom is -0.309 e. The van der Waals surface area contributed by atoms with Crippen molar-refractivity contribution < 1.29 is 4.57 Å². The maximum absolute atomic E-state index is 15.2. The molecular weight excluding hydrogens is 529 g/mol. The van der Waals surface area contributed by atoms with Crippen LogP contribution in [0.4, 0.5) is 0 Å². The van der Waals surface area contributed by atoms with Gasteiger partial charge in [0.05, 0.1) is 11.0 Å². The van der Waals surface area contributed by atoms with Crippen molar-refractivity contribution in [1.82, 2.24) is 4.57 Å². The van der Waals surface area contributed by atoms with Gasteiger partial charge in [-0.2, -0.15) is 0 Å². The van der Waals surface area contributed by atoms with Gasteiger partial charge in [0.2, 0.25) is 0 Å². The lowest BCUT2D eigenvalue weighted by Crippen LogP contribution is -2.15. The summed E-state index contributed by atoms with van der Waals surface area (Å²) in [6, 6.07) is 42.7. The zero-order valence-electron chi connectivity index (χ0n) is 23.3. The largest absolute Gasteiger partial charge is 0.309 e. The number of hydrogen-bond acceptors (Lipinski definition) is 1. The fraction of sp³-hybridized carbons (Fsp3) is 0.0256. The Hall–Kier alpha value is -4.91. The minimum absolute atomic E-state index is 0.858. The molecule has 6 aromatic carbocycles. The van der Waals surface area contributed by atoms with Crippen LogP contribution >= 0.6 is 7.14 Å². The molecule has 42 heavy (non-hydrogen) atoms. The Morgan fingerprint density at radius 1 is 0.667 bits per heavy atom. The number of benzene rings is 6. The molecule has 0 saturated heterocycles. The molecule has 200 valence electrons. The third-order valence-corrected chi connectivity index (χ3v) is 12.0. The quantitative estimate of drug-likeness (QED) is 0.120. The van der Waals surface area contributed by atoms with Gasteiger partial charge in [-0.1, -0.05) is 116 Å². The highest BCUT2D eigenvalue weighted by molar-refractivity contribution is 7.83. The molecule has 0 bridgehead atoms. The first-order valence-electron chi connectivity index (χ1n) is 14.3. The zero-order chi connectivity index (χ0) is 28.4. The van der Waals surface area contributed by atoms with Crippen LogP contribution in [0.3, 0.4) is 0 Å². The lowest BCUT2D eigenvalue weighted by molar-refractivity contribution is 0.591. The molecular formula is C39H28NOP. The SMILES string of the molecule is C=C/C=C\C1=C(C)c2cc3c(cc2P1(=O)c1ccccc1)c1ccccc1n3-c1ccc2c(ccc3ccccc32)c1. The molecule has 1 atom stereocenters. The normalized spacial score (nSPS) is 16.8. The molecule has 7 aromatic rings. The van der Waals surface area contributed by atoms with Crippen LogP contribution in [-0.4, -0.2) is 4.57 Å². The summed E-state index contributed by atoms with van der Waals surface area (Å²) < 4.78 is 17.6. The molecule has 0 fully saturated rings. The fourth-order valence-electron chi connectivity index (χ4n) is 6.79. The van der Waals surface area contributed by atoms with E-state index in [-0.39, 0.29) is 0 Å². The van der Waals surface area contributed by atoms with Crippen LogP contribution < -0.4 is 10.6 Å². The van der Waals surface area contributed by atoms with Crippen molar-refractivity contribution in [3.05, 3.63) is 157 Å². The summed E-state index contributed by atoms with van der Waals surface area (Å²) in [7, 11) is -3.07. The third kappa shape index (κ3) is 3.43. The van der Waals surface area contributed by atoms with Crippen LogP contribution in [-0.2, 0) is 4.57 Å². The Bertz CT molecular complexity index is 2350. The van der Waals surface area contributed by atoms with E-state index >= 15 is 4.57 Å². The van der Waals surface area contributed by atoms with Crippen LogP contribution in [0.15, 0.2) is 151 Å². The number of aromatic nitrogens is 1.